The van der Waals surface area contributed by atoms with Gasteiger partial charge in [-0.15, -0.1) is 0 Å². The van der Waals surface area contributed by atoms with Gasteiger partial charge in [-0.25, -0.2) is 4.79 Å². The molecule has 23 heavy (non-hydrogen) atoms. The second kappa shape index (κ2) is 7.49. The van der Waals surface area contributed by atoms with Crippen molar-refractivity contribution in [3.05, 3.63) is 27.5 Å². The number of pyridine rings is 1. The van der Waals surface area contributed by atoms with Crippen LogP contribution in [0, 0.1) is 5.41 Å². The quantitative estimate of drug-likeness (QED) is 0.777. The van der Waals surface area contributed by atoms with E-state index in [0.29, 0.717) is 49.7 Å². The minimum absolute atomic E-state index is 0.290. The number of ether oxygens (including phenoxy) is 1. The maximum atomic E-state index is 12.5. The van der Waals surface area contributed by atoms with Crippen LogP contribution >= 0.6 is 27.5 Å². The summed E-state index contributed by atoms with van der Waals surface area (Å²) in [4.78, 5) is 29.2. The Morgan fingerprint density at radius 1 is 1.48 bits per heavy atom. The zero-order valence-corrected chi connectivity index (χ0v) is 15.1. The predicted octanol–water partition coefficient (Wildman–Crippen LogP) is 3.36. The van der Waals surface area contributed by atoms with E-state index in [9.17, 15) is 9.59 Å². The molecule has 0 atom stereocenters. The highest BCUT2D eigenvalue weighted by atomic mass is 79.9. The van der Waals surface area contributed by atoms with Gasteiger partial charge in [-0.05, 0) is 41.8 Å². The minimum Gasteiger partial charge on any atom is -0.466 e. The van der Waals surface area contributed by atoms with Crippen molar-refractivity contribution in [2.24, 2.45) is 5.41 Å². The number of aromatic nitrogens is 1. The predicted molar refractivity (Wildman–Crippen MR) is 88.5 cm³/mol. The lowest BCUT2D eigenvalue weighted by Gasteiger charge is -2.38. The number of hydrogen-bond donors (Lipinski definition) is 1. The molecule has 0 spiro atoms. The van der Waals surface area contributed by atoms with E-state index in [1.54, 1.807) is 13.0 Å². The molecule has 1 aromatic heterocycles. The second-order valence-corrected chi connectivity index (χ2v) is 6.82. The smallest absolute Gasteiger partial charge is 0.407 e. The average Bonchev–Trinajstić information content (AvgIpc) is 2.51. The normalized spacial score (nSPS) is 16.9. The molecule has 0 aromatic carbocycles. The Morgan fingerprint density at radius 3 is 2.65 bits per heavy atom. The first kappa shape index (κ1) is 18.0. The van der Waals surface area contributed by atoms with Gasteiger partial charge in [0.2, 0.25) is 0 Å². The van der Waals surface area contributed by atoms with E-state index < -0.39 is 11.5 Å². The van der Waals surface area contributed by atoms with E-state index >= 15 is 0 Å². The highest BCUT2D eigenvalue weighted by Crippen LogP contribution is 2.38. The summed E-state index contributed by atoms with van der Waals surface area (Å²) in [6, 6.07) is 1.73. The van der Waals surface area contributed by atoms with Crippen LogP contribution in [0.1, 0.15) is 25.5 Å². The van der Waals surface area contributed by atoms with Crippen molar-refractivity contribution in [3.8, 4) is 0 Å². The molecule has 126 valence electrons. The molecular weight excluding hydrogens is 388 g/mol. The SMILES string of the molecule is CCOC(=O)C1(Cc2ncc(Cl)cc2Br)CCN(C(=O)O)CC1. The topological polar surface area (TPSA) is 79.7 Å². The molecule has 0 saturated carbocycles. The molecule has 6 nitrogen and oxygen atoms in total. The van der Waals surface area contributed by atoms with Crippen molar-refractivity contribution in [1.29, 1.82) is 0 Å². The Labute approximate surface area is 147 Å². The fourth-order valence-electron chi connectivity index (χ4n) is 2.76. The van der Waals surface area contributed by atoms with Gasteiger partial charge in [-0.1, -0.05) is 11.6 Å². The zero-order chi connectivity index (χ0) is 17.0. The number of piperidine rings is 1. The Kier molecular flexibility index (Phi) is 5.86. The van der Waals surface area contributed by atoms with Gasteiger partial charge < -0.3 is 14.7 Å². The highest BCUT2D eigenvalue weighted by Gasteiger charge is 2.44. The standard InChI is InChI=1S/C15H18BrClN2O4/c1-2-23-13(20)15(3-5-19(6-4-15)14(21)22)8-12-11(16)7-10(17)9-18-12/h7,9H,2-6,8H2,1H3,(H,21,22). The number of amides is 1. The van der Waals surface area contributed by atoms with Crippen LogP contribution in [0.4, 0.5) is 4.79 Å². The fourth-order valence-corrected chi connectivity index (χ4v) is 3.54. The average molecular weight is 406 g/mol. The Hall–Kier alpha value is -1.34. The van der Waals surface area contributed by atoms with Crippen LogP contribution in [0.5, 0.6) is 0 Å². The van der Waals surface area contributed by atoms with Crippen molar-refractivity contribution in [1.82, 2.24) is 9.88 Å². The largest absolute Gasteiger partial charge is 0.466 e. The van der Waals surface area contributed by atoms with Crippen LogP contribution in [0.15, 0.2) is 16.7 Å². The van der Waals surface area contributed by atoms with Crippen LogP contribution < -0.4 is 0 Å². The molecule has 8 heteroatoms. The molecule has 2 rings (SSSR count). The fraction of sp³-hybridized carbons (Fsp3) is 0.533. The van der Waals surface area contributed by atoms with Crippen molar-refractivity contribution in [2.45, 2.75) is 26.2 Å². The summed E-state index contributed by atoms with van der Waals surface area (Å²) >= 11 is 9.32. The molecule has 1 N–H and O–H groups in total. The first-order valence-corrected chi connectivity index (χ1v) is 8.50. The Bertz CT molecular complexity index is 603. The highest BCUT2D eigenvalue weighted by molar-refractivity contribution is 9.10. The summed E-state index contributed by atoms with van der Waals surface area (Å²) in [6.07, 6.45) is 1.78. The first-order chi connectivity index (χ1) is 10.9. The molecule has 1 amide bonds. The number of hydrogen-bond acceptors (Lipinski definition) is 4. The van der Waals surface area contributed by atoms with Crippen LogP contribution in [0.2, 0.25) is 5.02 Å². The summed E-state index contributed by atoms with van der Waals surface area (Å²) in [7, 11) is 0. The zero-order valence-electron chi connectivity index (χ0n) is 12.7. The molecule has 0 unspecified atom stereocenters. The number of rotatable bonds is 4. The molecule has 1 aliphatic heterocycles. The number of carboxylic acid groups (broad SMARTS) is 1. The molecular formula is C15H18BrClN2O4. The van der Waals surface area contributed by atoms with Crippen molar-refractivity contribution < 1.29 is 19.4 Å². The minimum atomic E-state index is -0.965. The van der Waals surface area contributed by atoms with E-state index in [1.807, 2.05) is 0 Å². The van der Waals surface area contributed by atoms with Crippen LogP contribution in [-0.2, 0) is 16.0 Å². The van der Waals surface area contributed by atoms with Crippen LogP contribution in [-0.4, -0.2) is 46.7 Å². The molecule has 1 fully saturated rings. The number of carbonyl (C=O) groups is 2. The molecule has 1 aliphatic rings. The van der Waals surface area contributed by atoms with E-state index in [0.717, 1.165) is 4.47 Å². The lowest BCUT2D eigenvalue weighted by atomic mass is 9.74. The van der Waals surface area contributed by atoms with Gasteiger partial charge in [0.25, 0.3) is 0 Å². The summed E-state index contributed by atoms with van der Waals surface area (Å²) in [5.41, 5.74) is -0.0445. The molecule has 1 saturated heterocycles. The third kappa shape index (κ3) is 4.14. The number of nitrogens with zero attached hydrogens (tertiary/aromatic N) is 2. The Balaban J connectivity index is 2.24. The van der Waals surface area contributed by atoms with E-state index in [4.69, 9.17) is 21.4 Å². The third-order valence-corrected chi connectivity index (χ3v) is 4.98. The van der Waals surface area contributed by atoms with E-state index in [2.05, 4.69) is 20.9 Å². The molecule has 1 aromatic rings. The number of halogens is 2. The van der Waals surface area contributed by atoms with Gasteiger partial charge in [0.05, 0.1) is 22.7 Å². The van der Waals surface area contributed by atoms with Crippen molar-refractivity contribution in [3.63, 3.8) is 0 Å². The third-order valence-electron chi connectivity index (χ3n) is 4.09. The summed E-state index contributed by atoms with van der Waals surface area (Å²) in [6.45, 7) is 2.66. The van der Waals surface area contributed by atoms with Gasteiger partial charge >= 0.3 is 12.1 Å². The molecule has 2 heterocycles. The summed E-state index contributed by atoms with van der Waals surface area (Å²) in [5, 5.41) is 9.60. The van der Waals surface area contributed by atoms with Crippen molar-refractivity contribution in [2.75, 3.05) is 19.7 Å². The molecule has 0 bridgehead atoms. The first-order valence-electron chi connectivity index (χ1n) is 7.33. The Morgan fingerprint density at radius 2 is 2.13 bits per heavy atom. The molecule has 0 aliphatic carbocycles. The summed E-state index contributed by atoms with van der Waals surface area (Å²) in [5.74, 6) is -0.298. The summed E-state index contributed by atoms with van der Waals surface area (Å²) < 4.78 is 5.97. The lowest BCUT2D eigenvalue weighted by molar-refractivity contribution is -0.158. The molecule has 0 radical (unpaired) electrons. The monoisotopic (exact) mass is 404 g/mol. The van der Waals surface area contributed by atoms with Gasteiger partial charge in [-0.2, -0.15) is 0 Å². The van der Waals surface area contributed by atoms with Crippen LogP contribution in [0.25, 0.3) is 0 Å². The number of carbonyl (C=O) groups excluding carboxylic acids is 1. The van der Waals surface area contributed by atoms with E-state index in [1.165, 1.54) is 11.1 Å². The second-order valence-electron chi connectivity index (χ2n) is 5.53. The van der Waals surface area contributed by atoms with Gasteiger partial charge in [0.1, 0.15) is 0 Å². The maximum Gasteiger partial charge on any atom is 0.407 e. The van der Waals surface area contributed by atoms with Crippen LogP contribution in [0.3, 0.4) is 0 Å². The number of esters is 1. The van der Waals surface area contributed by atoms with Gasteiger partial charge in [-0.3, -0.25) is 9.78 Å². The lowest BCUT2D eigenvalue weighted by Crippen LogP contribution is -2.48. The van der Waals surface area contributed by atoms with E-state index in [-0.39, 0.29) is 5.97 Å². The van der Waals surface area contributed by atoms with Gasteiger partial charge in [0.15, 0.2) is 0 Å². The number of likely N-dealkylation sites (tertiary alicyclic amines) is 1. The maximum absolute atomic E-state index is 12.5. The van der Waals surface area contributed by atoms with Gasteiger partial charge in [0, 0.05) is 30.2 Å². The van der Waals surface area contributed by atoms with Crippen molar-refractivity contribution >= 4 is 39.6 Å².